The summed E-state index contributed by atoms with van der Waals surface area (Å²) in [4.78, 5) is 29.3. The molecule has 2 saturated heterocycles. The molecule has 3 fully saturated rings. The molecule has 25 heavy (non-hydrogen) atoms. The van der Waals surface area contributed by atoms with Gasteiger partial charge in [-0.25, -0.2) is 0 Å². The van der Waals surface area contributed by atoms with Gasteiger partial charge >= 0.3 is 0 Å². The minimum absolute atomic E-state index is 0.102. The van der Waals surface area contributed by atoms with Crippen molar-refractivity contribution < 1.29 is 9.59 Å². The number of rotatable bonds is 4. The molecule has 1 saturated carbocycles. The van der Waals surface area contributed by atoms with Gasteiger partial charge in [-0.15, -0.1) is 0 Å². The predicted octanol–water partition coefficient (Wildman–Crippen LogP) is 2.97. The van der Waals surface area contributed by atoms with Gasteiger partial charge in [0.1, 0.15) is 0 Å². The van der Waals surface area contributed by atoms with Crippen molar-refractivity contribution in [3.63, 3.8) is 0 Å². The summed E-state index contributed by atoms with van der Waals surface area (Å²) in [5, 5.41) is 0. The van der Waals surface area contributed by atoms with E-state index >= 15 is 0 Å². The van der Waals surface area contributed by atoms with Crippen molar-refractivity contribution >= 4 is 11.8 Å². The van der Waals surface area contributed by atoms with E-state index in [1.54, 1.807) is 0 Å². The highest BCUT2D eigenvalue weighted by molar-refractivity contribution is 5.90. The summed E-state index contributed by atoms with van der Waals surface area (Å²) in [6.45, 7) is 4.43. The lowest BCUT2D eigenvalue weighted by Crippen LogP contribution is -2.62. The summed E-state index contributed by atoms with van der Waals surface area (Å²) >= 11 is 0. The second-order valence-corrected chi connectivity index (χ2v) is 8.08. The highest BCUT2D eigenvalue weighted by Gasteiger charge is 2.48. The average Bonchev–Trinajstić information content (AvgIpc) is 3.24. The van der Waals surface area contributed by atoms with Gasteiger partial charge in [-0.2, -0.15) is 0 Å². The lowest BCUT2D eigenvalue weighted by atomic mass is 9.71. The fourth-order valence-corrected chi connectivity index (χ4v) is 4.97. The first kappa shape index (κ1) is 16.6. The number of carbonyl (C=O) groups excluding carboxylic acids is 2. The van der Waals surface area contributed by atoms with Crippen LogP contribution in [-0.4, -0.2) is 47.3 Å². The maximum Gasteiger partial charge on any atom is 0.228 e. The van der Waals surface area contributed by atoms with Crippen LogP contribution in [0.15, 0.2) is 30.3 Å². The second-order valence-electron chi connectivity index (χ2n) is 8.08. The zero-order valence-corrected chi connectivity index (χ0v) is 15.1. The molecule has 1 aromatic carbocycles. The van der Waals surface area contributed by atoms with Crippen molar-refractivity contribution in [2.75, 3.05) is 19.6 Å². The number of benzene rings is 1. The summed E-state index contributed by atoms with van der Waals surface area (Å²) < 4.78 is 0. The zero-order chi connectivity index (χ0) is 17.4. The first-order valence-electron chi connectivity index (χ1n) is 9.77. The van der Waals surface area contributed by atoms with Crippen molar-refractivity contribution in [3.05, 3.63) is 35.9 Å². The smallest absolute Gasteiger partial charge is 0.228 e. The number of amides is 2. The van der Waals surface area contributed by atoms with Crippen LogP contribution in [0.3, 0.4) is 0 Å². The molecular weight excluding hydrogens is 312 g/mol. The molecule has 2 heterocycles. The van der Waals surface area contributed by atoms with Crippen LogP contribution in [0.1, 0.15) is 51.0 Å². The van der Waals surface area contributed by atoms with E-state index in [2.05, 4.69) is 31.2 Å². The van der Waals surface area contributed by atoms with Gasteiger partial charge in [0.2, 0.25) is 11.8 Å². The van der Waals surface area contributed by atoms with Crippen LogP contribution in [0, 0.1) is 5.92 Å². The molecule has 4 heteroatoms. The van der Waals surface area contributed by atoms with E-state index in [0.717, 1.165) is 32.4 Å². The van der Waals surface area contributed by atoms with Gasteiger partial charge in [0.05, 0.1) is 5.92 Å². The molecule has 0 N–H and O–H groups in total. The Bertz CT molecular complexity index is 645. The zero-order valence-electron chi connectivity index (χ0n) is 15.1. The fourth-order valence-electron chi connectivity index (χ4n) is 4.97. The molecule has 1 aliphatic carbocycles. The maximum absolute atomic E-state index is 12.9. The fraction of sp³-hybridized carbons (Fsp3) is 0.619. The Morgan fingerprint density at radius 3 is 2.48 bits per heavy atom. The minimum atomic E-state index is -0.126. The summed E-state index contributed by atoms with van der Waals surface area (Å²) in [5.74, 6) is 0.253. The monoisotopic (exact) mass is 340 g/mol. The third kappa shape index (κ3) is 2.86. The molecule has 2 aliphatic heterocycles. The number of nitrogens with zero attached hydrogens (tertiary/aromatic N) is 2. The van der Waals surface area contributed by atoms with Gasteiger partial charge in [-0.05, 0) is 24.8 Å². The van der Waals surface area contributed by atoms with E-state index in [9.17, 15) is 9.59 Å². The largest absolute Gasteiger partial charge is 0.340 e. The van der Waals surface area contributed by atoms with Crippen molar-refractivity contribution in [3.8, 4) is 0 Å². The Balaban J connectivity index is 1.39. The van der Waals surface area contributed by atoms with Gasteiger partial charge in [-0.3, -0.25) is 9.59 Å². The third-order valence-corrected chi connectivity index (χ3v) is 6.63. The van der Waals surface area contributed by atoms with E-state index in [1.165, 1.54) is 18.4 Å². The molecule has 0 bridgehead atoms. The molecule has 1 aromatic rings. The molecule has 1 unspecified atom stereocenters. The first-order chi connectivity index (χ1) is 12.1. The summed E-state index contributed by atoms with van der Waals surface area (Å²) in [6.07, 6.45) is 6.12. The van der Waals surface area contributed by atoms with Gasteiger partial charge in [0.25, 0.3) is 0 Å². The highest BCUT2D eigenvalue weighted by Crippen LogP contribution is 2.39. The van der Waals surface area contributed by atoms with Crippen molar-refractivity contribution in [2.24, 2.45) is 5.92 Å². The predicted molar refractivity (Wildman–Crippen MR) is 97.1 cm³/mol. The standard InChI is InChI=1S/C21H28N2O2/c1-2-21(17-8-4-3-5-9-17)14-22(15-21)20(25)16-12-19(24)23(13-16)18-10-6-7-11-18/h3-5,8-9,16,18H,2,6-7,10-15H2,1H3. The van der Waals surface area contributed by atoms with Crippen LogP contribution >= 0.6 is 0 Å². The quantitative estimate of drug-likeness (QED) is 0.845. The van der Waals surface area contributed by atoms with Crippen LogP contribution in [0.4, 0.5) is 0 Å². The van der Waals surface area contributed by atoms with Crippen LogP contribution in [0.2, 0.25) is 0 Å². The van der Waals surface area contributed by atoms with Crippen LogP contribution in [-0.2, 0) is 15.0 Å². The van der Waals surface area contributed by atoms with E-state index in [-0.39, 0.29) is 23.1 Å². The summed E-state index contributed by atoms with van der Waals surface area (Å²) in [6, 6.07) is 10.9. The van der Waals surface area contributed by atoms with Crippen molar-refractivity contribution in [1.82, 2.24) is 9.80 Å². The summed E-state index contributed by atoms with van der Waals surface area (Å²) in [7, 11) is 0. The minimum Gasteiger partial charge on any atom is -0.340 e. The molecule has 4 nitrogen and oxygen atoms in total. The van der Waals surface area contributed by atoms with E-state index < -0.39 is 0 Å². The highest BCUT2D eigenvalue weighted by atomic mass is 16.2. The first-order valence-corrected chi connectivity index (χ1v) is 9.77. The molecule has 0 radical (unpaired) electrons. The molecule has 3 aliphatic rings. The molecule has 0 aromatic heterocycles. The van der Waals surface area contributed by atoms with Gasteiger partial charge in [-0.1, -0.05) is 50.1 Å². The number of hydrogen-bond donors (Lipinski definition) is 0. The molecule has 2 amide bonds. The van der Waals surface area contributed by atoms with E-state index in [1.807, 2.05) is 15.9 Å². The SMILES string of the molecule is CCC1(c2ccccc2)CN(C(=O)C2CC(=O)N(C3CCCC3)C2)C1. The van der Waals surface area contributed by atoms with Crippen molar-refractivity contribution in [2.45, 2.75) is 56.9 Å². The van der Waals surface area contributed by atoms with Crippen molar-refractivity contribution in [1.29, 1.82) is 0 Å². The average molecular weight is 340 g/mol. The molecule has 0 spiro atoms. The summed E-state index contributed by atoms with van der Waals surface area (Å²) in [5.41, 5.74) is 1.43. The molecular formula is C21H28N2O2. The number of carbonyl (C=O) groups is 2. The Labute approximate surface area is 150 Å². The Morgan fingerprint density at radius 1 is 1.16 bits per heavy atom. The topological polar surface area (TPSA) is 40.6 Å². The molecule has 134 valence electrons. The van der Waals surface area contributed by atoms with Crippen LogP contribution in [0.25, 0.3) is 0 Å². The van der Waals surface area contributed by atoms with Gasteiger partial charge < -0.3 is 9.80 Å². The van der Waals surface area contributed by atoms with E-state index in [0.29, 0.717) is 19.0 Å². The lowest BCUT2D eigenvalue weighted by molar-refractivity contribution is -0.143. The third-order valence-electron chi connectivity index (χ3n) is 6.63. The van der Waals surface area contributed by atoms with Gasteiger partial charge in [0.15, 0.2) is 0 Å². The molecule has 1 atom stereocenters. The second kappa shape index (κ2) is 6.47. The van der Waals surface area contributed by atoms with Gasteiger partial charge in [0, 0.05) is 37.5 Å². The molecule has 4 rings (SSSR count). The Kier molecular flexibility index (Phi) is 4.30. The normalized spacial score (nSPS) is 26.1. The maximum atomic E-state index is 12.9. The Hall–Kier alpha value is -1.84. The Morgan fingerprint density at radius 2 is 1.84 bits per heavy atom. The van der Waals surface area contributed by atoms with E-state index in [4.69, 9.17) is 0 Å². The van der Waals surface area contributed by atoms with Crippen LogP contribution in [0.5, 0.6) is 0 Å². The lowest BCUT2D eigenvalue weighted by Gasteiger charge is -2.51. The number of likely N-dealkylation sites (tertiary alicyclic amines) is 2. The van der Waals surface area contributed by atoms with Crippen LogP contribution < -0.4 is 0 Å². The number of hydrogen-bond acceptors (Lipinski definition) is 2.